The minimum absolute atomic E-state index is 0.0483. The number of hydrogen-bond acceptors (Lipinski definition) is 8. The highest BCUT2D eigenvalue weighted by atomic mass is 16.3. The highest BCUT2D eigenvalue weighted by Gasteiger charge is 2.32. The molecule has 2 atom stereocenters. The molecule has 3 heterocycles. The van der Waals surface area contributed by atoms with Crippen LogP contribution in [0.25, 0.3) is 5.65 Å². The molecule has 0 spiro atoms. The molecule has 0 aliphatic carbocycles. The molecule has 0 radical (unpaired) electrons. The monoisotopic (exact) mass is 533 g/mol. The Labute approximate surface area is 229 Å². The number of aliphatic hydroxyl groups is 1. The Balaban J connectivity index is 1.51. The van der Waals surface area contributed by atoms with Gasteiger partial charge in [-0.25, -0.2) is 0 Å². The number of nitrogens with zero attached hydrogens (tertiary/aromatic N) is 5. The van der Waals surface area contributed by atoms with Crippen LogP contribution in [0.2, 0.25) is 0 Å². The van der Waals surface area contributed by atoms with Gasteiger partial charge in [-0.2, -0.15) is 19.6 Å². The molecule has 1 aliphatic heterocycles. The van der Waals surface area contributed by atoms with E-state index < -0.39 is 0 Å². The average molecular weight is 534 g/mol. The van der Waals surface area contributed by atoms with Crippen LogP contribution in [0.5, 0.6) is 0 Å². The van der Waals surface area contributed by atoms with Crippen molar-refractivity contribution in [3.05, 3.63) is 59.8 Å². The molecule has 4 rings (SSSR count). The fraction of sp³-hybridized carbons (Fsp3) is 0.483. The van der Waals surface area contributed by atoms with Crippen molar-refractivity contribution in [2.45, 2.75) is 77.4 Å². The van der Waals surface area contributed by atoms with Crippen LogP contribution >= 0.6 is 0 Å². The lowest BCUT2D eigenvalue weighted by Gasteiger charge is -2.22. The molecular weight excluding hydrogens is 494 g/mol. The van der Waals surface area contributed by atoms with Gasteiger partial charge in [0.2, 0.25) is 17.8 Å². The van der Waals surface area contributed by atoms with E-state index in [2.05, 4.69) is 43.1 Å². The Bertz CT molecular complexity index is 1320. The Morgan fingerprint density at radius 3 is 2.77 bits per heavy atom. The van der Waals surface area contributed by atoms with Gasteiger partial charge in [-0.15, -0.1) is 0 Å². The predicted molar refractivity (Wildman–Crippen MR) is 152 cm³/mol. The summed E-state index contributed by atoms with van der Waals surface area (Å²) >= 11 is 0. The van der Waals surface area contributed by atoms with Gasteiger partial charge in [0.1, 0.15) is 0 Å². The van der Waals surface area contributed by atoms with Crippen LogP contribution < -0.4 is 10.6 Å². The van der Waals surface area contributed by atoms with E-state index in [1.807, 2.05) is 30.5 Å². The quantitative estimate of drug-likeness (QED) is 0.284. The number of fused-ring (bicyclic) bond motifs is 1. The summed E-state index contributed by atoms with van der Waals surface area (Å²) in [4.78, 5) is 36.2. The Morgan fingerprint density at radius 1 is 1.26 bits per heavy atom. The zero-order valence-electron chi connectivity index (χ0n) is 23.1. The van der Waals surface area contributed by atoms with Gasteiger partial charge in [0, 0.05) is 37.7 Å². The third-order valence-corrected chi connectivity index (χ3v) is 7.22. The first-order chi connectivity index (χ1) is 18.8. The molecule has 10 nitrogen and oxygen atoms in total. The molecule has 1 aliphatic rings. The molecule has 1 aromatic carbocycles. The van der Waals surface area contributed by atoms with Crippen LogP contribution in [0.15, 0.2) is 43.1 Å². The van der Waals surface area contributed by atoms with E-state index >= 15 is 0 Å². The van der Waals surface area contributed by atoms with Crippen LogP contribution in [-0.4, -0.2) is 66.5 Å². The summed E-state index contributed by atoms with van der Waals surface area (Å²) < 4.78 is 1.71. The van der Waals surface area contributed by atoms with E-state index in [0.717, 1.165) is 35.2 Å². The number of rotatable bonds is 13. The number of aromatic nitrogens is 4. The van der Waals surface area contributed by atoms with E-state index in [9.17, 15) is 14.7 Å². The summed E-state index contributed by atoms with van der Waals surface area (Å²) in [5, 5.41) is 20.7. The Morgan fingerprint density at radius 2 is 2.05 bits per heavy atom. The number of carbonyl (C=O) groups is 2. The Kier molecular flexibility index (Phi) is 9.29. The largest absolute Gasteiger partial charge is 0.396 e. The van der Waals surface area contributed by atoms with Gasteiger partial charge >= 0.3 is 0 Å². The minimum Gasteiger partial charge on any atom is -0.396 e. The molecule has 208 valence electrons. The van der Waals surface area contributed by atoms with Crippen LogP contribution in [0.4, 0.5) is 11.9 Å². The zero-order chi connectivity index (χ0) is 27.9. The molecular formula is C29H39N7O3. The van der Waals surface area contributed by atoms with Crippen molar-refractivity contribution < 1.29 is 14.7 Å². The average Bonchev–Trinajstić information content (AvgIpc) is 3.59. The second kappa shape index (κ2) is 12.8. The number of aliphatic hydroxyl groups excluding tert-OH is 1. The summed E-state index contributed by atoms with van der Waals surface area (Å²) in [6, 6.07) is 7.56. The zero-order valence-corrected chi connectivity index (χ0v) is 23.1. The lowest BCUT2D eigenvalue weighted by atomic mass is 10.0. The van der Waals surface area contributed by atoms with Crippen molar-refractivity contribution in [2.24, 2.45) is 0 Å². The molecule has 0 bridgehead atoms. The molecule has 1 amide bonds. The first kappa shape index (κ1) is 28.2. The standard InChI is InChI=1S/C29H39N7O3/c1-5-22(12-14-37)32-28-33-27-23(19(3)4)18-31-36(27)29(34-28)30-17-21-10-7-9-20(15-21)16-25(38)24-11-8-13-35(24)26(39)6-2/h6-7,9-10,15,18-19,22,24,37H,2,5,8,11-14,16-17H2,1,3-4H3,(H2,30,32,33,34). The van der Waals surface area contributed by atoms with Crippen molar-refractivity contribution in [2.75, 3.05) is 23.8 Å². The third-order valence-electron chi connectivity index (χ3n) is 7.22. The van der Waals surface area contributed by atoms with E-state index in [1.165, 1.54) is 6.08 Å². The van der Waals surface area contributed by atoms with Crippen LogP contribution in [0, 0.1) is 0 Å². The number of hydrogen-bond donors (Lipinski definition) is 3. The summed E-state index contributed by atoms with van der Waals surface area (Å²) in [5.41, 5.74) is 3.66. The molecule has 1 fully saturated rings. The van der Waals surface area contributed by atoms with E-state index in [1.54, 1.807) is 9.42 Å². The normalized spacial score (nSPS) is 16.0. The molecule has 10 heteroatoms. The van der Waals surface area contributed by atoms with Crippen LogP contribution in [0.3, 0.4) is 0 Å². The molecule has 3 aromatic rings. The fourth-order valence-corrected chi connectivity index (χ4v) is 5.03. The van der Waals surface area contributed by atoms with Crippen molar-refractivity contribution >= 4 is 29.2 Å². The summed E-state index contributed by atoms with van der Waals surface area (Å²) in [7, 11) is 0. The fourth-order valence-electron chi connectivity index (χ4n) is 5.03. The molecule has 39 heavy (non-hydrogen) atoms. The summed E-state index contributed by atoms with van der Waals surface area (Å²) in [5.74, 6) is 1.15. The van der Waals surface area contributed by atoms with Crippen molar-refractivity contribution in [3.8, 4) is 0 Å². The maximum absolute atomic E-state index is 13.0. The second-order valence-electron chi connectivity index (χ2n) is 10.3. The van der Waals surface area contributed by atoms with E-state index in [-0.39, 0.29) is 42.7 Å². The van der Waals surface area contributed by atoms with Crippen molar-refractivity contribution in [3.63, 3.8) is 0 Å². The van der Waals surface area contributed by atoms with Crippen LogP contribution in [0.1, 0.15) is 69.1 Å². The highest BCUT2D eigenvalue weighted by Crippen LogP contribution is 2.24. The lowest BCUT2D eigenvalue weighted by molar-refractivity contribution is -0.133. The summed E-state index contributed by atoms with van der Waals surface area (Å²) in [6.45, 7) is 11.0. The van der Waals surface area contributed by atoms with Gasteiger partial charge in [-0.05, 0) is 48.8 Å². The maximum Gasteiger partial charge on any atom is 0.246 e. The number of ketones is 1. The topological polar surface area (TPSA) is 125 Å². The lowest BCUT2D eigenvalue weighted by Crippen LogP contribution is -2.40. The smallest absolute Gasteiger partial charge is 0.246 e. The van der Waals surface area contributed by atoms with Gasteiger partial charge in [-0.1, -0.05) is 51.6 Å². The van der Waals surface area contributed by atoms with E-state index in [0.29, 0.717) is 37.8 Å². The number of benzene rings is 1. The van der Waals surface area contributed by atoms with Crippen LogP contribution in [-0.2, 0) is 22.6 Å². The maximum atomic E-state index is 13.0. The number of Topliss-reactive ketones (excluding diaryl/α,β-unsaturated/α-hetero) is 1. The number of likely N-dealkylation sites (tertiary alicyclic amines) is 1. The summed E-state index contributed by atoms with van der Waals surface area (Å²) in [6.07, 6.45) is 6.34. The highest BCUT2D eigenvalue weighted by molar-refractivity contribution is 5.94. The van der Waals surface area contributed by atoms with Gasteiger partial charge in [0.25, 0.3) is 0 Å². The van der Waals surface area contributed by atoms with E-state index in [4.69, 9.17) is 9.97 Å². The number of nitrogens with one attached hydrogen (secondary N) is 2. The SMILES string of the molecule is C=CC(=O)N1CCCC1C(=O)Cc1cccc(CNc2nc(NC(CC)CCO)nc3c(C(C)C)cnn23)c1. The van der Waals surface area contributed by atoms with Crippen molar-refractivity contribution in [1.29, 1.82) is 0 Å². The number of carbonyl (C=O) groups excluding carboxylic acids is 2. The predicted octanol–water partition coefficient (Wildman–Crippen LogP) is 3.72. The Hall–Kier alpha value is -3.79. The minimum atomic E-state index is -0.384. The van der Waals surface area contributed by atoms with Gasteiger partial charge in [0.05, 0.1) is 12.2 Å². The van der Waals surface area contributed by atoms with Crippen molar-refractivity contribution in [1.82, 2.24) is 24.5 Å². The molecule has 2 unspecified atom stereocenters. The number of anilines is 2. The first-order valence-electron chi connectivity index (χ1n) is 13.7. The molecule has 3 N–H and O–H groups in total. The van der Waals surface area contributed by atoms with Gasteiger partial charge in [0.15, 0.2) is 11.4 Å². The van der Waals surface area contributed by atoms with Gasteiger partial charge < -0.3 is 20.6 Å². The molecule has 2 aromatic heterocycles. The molecule has 1 saturated heterocycles. The number of amides is 1. The second-order valence-corrected chi connectivity index (χ2v) is 10.3. The first-order valence-corrected chi connectivity index (χ1v) is 13.7. The molecule has 0 saturated carbocycles. The van der Waals surface area contributed by atoms with Gasteiger partial charge in [-0.3, -0.25) is 9.59 Å². The third kappa shape index (κ3) is 6.62.